The van der Waals surface area contributed by atoms with Gasteiger partial charge in [-0.25, -0.2) is 8.42 Å². The molecule has 1 N–H and O–H groups in total. The monoisotopic (exact) mass is 314 g/mol. The van der Waals surface area contributed by atoms with E-state index in [4.69, 9.17) is 4.42 Å². The van der Waals surface area contributed by atoms with Crippen LogP contribution in [0.3, 0.4) is 0 Å². The van der Waals surface area contributed by atoms with Crippen molar-refractivity contribution in [1.82, 2.24) is 9.62 Å². The quantitative estimate of drug-likeness (QED) is 0.836. The van der Waals surface area contributed by atoms with Gasteiger partial charge in [0.05, 0.1) is 6.54 Å². The smallest absolute Gasteiger partial charge is 0.402 e. The number of hydrogen-bond acceptors (Lipinski definition) is 4. The van der Waals surface area contributed by atoms with Crippen LogP contribution in [0.2, 0.25) is 0 Å². The van der Waals surface area contributed by atoms with E-state index < -0.39 is 27.8 Å². The van der Waals surface area contributed by atoms with E-state index in [2.05, 4.69) is 5.32 Å². The van der Waals surface area contributed by atoms with Crippen molar-refractivity contribution in [3.05, 3.63) is 17.9 Å². The van der Waals surface area contributed by atoms with Crippen LogP contribution in [0.4, 0.5) is 13.2 Å². The standard InChI is InChI=1S/C11H17F3N2O3S/c1-3-15-7-9-5-6-10(19-9)20(17,18)16(4-2)8-11(12,13)14/h5-6,15H,3-4,7-8H2,1-2H3. The molecule has 1 rings (SSSR count). The second-order valence-corrected chi connectivity index (χ2v) is 5.92. The van der Waals surface area contributed by atoms with Gasteiger partial charge in [0, 0.05) is 6.54 Å². The zero-order chi connectivity index (χ0) is 15.4. The van der Waals surface area contributed by atoms with E-state index in [1.165, 1.54) is 19.1 Å². The van der Waals surface area contributed by atoms with Crippen molar-refractivity contribution in [3.63, 3.8) is 0 Å². The van der Waals surface area contributed by atoms with E-state index in [9.17, 15) is 21.6 Å². The van der Waals surface area contributed by atoms with Crippen molar-refractivity contribution in [2.24, 2.45) is 0 Å². The molecule has 0 saturated heterocycles. The number of halogens is 3. The summed E-state index contributed by atoms with van der Waals surface area (Å²) in [6, 6.07) is 2.60. The molecule has 0 unspecified atom stereocenters. The van der Waals surface area contributed by atoms with Crippen molar-refractivity contribution >= 4 is 10.0 Å². The van der Waals surface area contributed by atoms with Gasteiger partial charge in [-0.15, -0.1) is 0 Å². The van der Waals surface area contributed by atoms with Crippen molar-refractivity contribution in [1.29, 1.82) is 0 Å². The van der Waals surface area contributed by atoms with Gasteiger partial charge < -0.3 is 9.73 Å². The first-order valence-corrected chi connectivity index (χ1v) is 7.51. The molecule has 1 heterocycles. The summed E-state index contributed by atoms with van der Waals surface area (Å²) in [7, 11) is -4.27. The van der Waals surface area contributed by atoms with Gasteiger partial charge in [-0.05, 0) is 18.7 Å². The molecule has 0 aliphatic heterocycles. The van der Waals surface area contributed by atoms with Crippen LogP contribution in [-0.4, -0.2) is 38.5 Å². The Bertz CT molecular complexity index is 525. The van der Waals surface area contributed by atoms with Crippen LogP contribution < -0.4 is 5.32 Å². The van der Waals surface area contributed by atoms with E-state index in [0.29, 0.717) is 23.2 Å². The third kappa shape index (κ3) is 4.50. The summed E-state index contributed by atoms with van der Waals surface area (Å²) in [5.74, 6) is 0.355. The zero-order valence-corrected chi connectivity index (χ0v) is 12.0. The second kappa shape index (κ2) is 6.59. The fourth-order valence-electron chi connectivity index (χ4n) is 1.53. The van der Waals surface area contributed by atoms with Gasteiger partial charge in [0.1, 0.15) is 12.3 Å². The predicted octanol–water partition coefficient (Wildman–Crippen LogP) is 1.96. The van der Waals surface area contributed by atoms with Crippen molar-refractivity contribution in [3.8, 4) is 0 Å². The highest BCUT2D eigenvalue weighted by Crippen LogP contribution is 2.23. The molecule has 1 aromatic heterocycles. The Balaban J connectivity index is 2.93. The maximum atomic E-state index is 12.4. The van der Waals surface area contributed by atoms with Crippen molar-refractivity contribution < 1.29 is 26.0 Å². The number of alkyl halides is 3. The summed E-state index contributed by atoms with van der Waals surface area (Å²) in [5, 5.41) is 2.45. The molecule has 5 nitrogen and oxygen atoms in total. The fourth-order valence-corrected chi connectivity index (χ4v) is 2.90. The van der Waals surface area contributed by atoms with Gasteiger partial charge >= 0.3 is 6.18 Å². The summed E-state index contributed by atoms with van der Waals surface area (Å²) in [6.45, 7) is 2.37. The Morgan fingerprint density at radius 2 is 1.95 bits per heavy atom. The van der Waals surface area contributed by atoms with Gasteiger partial charge in [-0.3, -0.25) is 0 Å². The SMILES string of the molecule is CCNCc1ccc(S(=O)(=O)N(CC)CC(F)(F)F)o1. The number of nitrogens with one attached hydrogen (secondary N) is 1. The highest BCUT2D eigenvalue weighted by Gasteiger charge is 2.37. The fraction of sp³-hybridized carbons (Fsp3) is 0.636. The number of sulfonamides is 1. The maximum absolute atomic E-state index is 12.4. The van der Waals surface area contributed by atoms with Crippen LogP contribution >= 0.6 is 0 Å². The van der Waals surface area contributed by atoms with Gasteiger partial charge in [-0.2, -0.15) is 17.5 Å². The van der Waals surface area contributed by atoms with Crippen LogP contribution in [0.1, 0.15) is 19.6 Å². The number of furan rings is 1. The zero-order valence-electron chi connectivity index (χ0n) is 11.2. The van der Waals surface area contributed by atoms with E-state index in [1.807, 2.05) is 6.92 Å². The lowest BCUT2D eigenvalue weighted by Gasteiger charge is -2.20. The van der Waals surface area contributed by atoms with E-state index in [-0.39, 0.29) is 6.54 Å². The molecule has 0 radical (unpaired) electrons. The number of rotatable bonds is 7. The van der Waals surface area contributed by atoms with E-state index in [1.54, 1.807) is 0 Å². The first-order chi connectivity index (χ1) is 9.20. The molecule has 1 aromatic rings. The summed E-state index contributed by atoms with van der Waals surface area (Å²) < 4.78 is 66.6. The molecule has 0 bridgehead atoms. The van der Waals surface area contributed by atoms with Crippen molar-refractivity contribution in [2.75, 3.05) is 19.6 Å². The predicted molar refractivity (Wildman–Crippen MR) is 66.6 cm³/mol. The van der Waals surface area contributed by atoms with Crippen LogP contribution in [0.25, 0.3) is 0 Å². The minimum absolute atomic E-state index is 0.287. The maximum Gasteiger partial charge on any atom is 0.402 e. The molecule has 0 aromatic carbocycles. The Morgan fingerprint density at radius 3 is 2.45 bits per heavy atom. The summed E-state index contributed by atoms with van der Waals surface area (Å²) >= 11 is 0. The summed E-state index contributed by atoms with van der Waals surface area (Å²) in [5.41, 5.74) is 0. The van der Waals surface area contributed by atoms with Gasteiger partial charge in [0.15, 0.2) is 0 Å². The molecule has 0 atom stereocenters. The molecular formula is C11H17F3N2O3S. The average Bonchev–Trinajstić information content (AvgIpc) is 2.81. The number of hydrogen-bond donors (Lipinski definition) is 1. The van der Waals surface area contributed by atoms with Crippen LogP contribution in [0.5, 0.6) is 0 Å². The topological polar surface area (TPSA) is 62.6 Å². The highest BCUT2D eigenvalue weighted by atomic mass is 32.2. The summed E-state index contributed by atoms with van der Waals surface area (Å²) in [4.78, 5) is 0. The molecule has 0 fully saturated rings. The minimum Gasteiger partial charge on any atom is -0.447 e. The molecule has 0 saturated carbocycles. The van der Waals surface area contributed by atoms with Crippen LogP contribution in [0.15, 0.2) is 21.6 Å². The Kier molecular flexibility index (Phi) is 5.60. The van der Waals surface area contributed by atoms with Gasteiger partial charge in [0.25, 0.3) is 10.0 Å². The Labute approximate surface area is 115 Å². The Hall–Kier alpha value is -1.06. The lowest BCUT2D eigenvalue weighted by atomic mass is 10.4. The molecule has 0 spiro atoms. The lowest BCUT2D eigenvalue weighted by molar-refractivity contribution is -0.135. The van der Waals surface area contributed by atoms with Gasteiger partial charge in [-0.1, -0.05) is 13.8 Å². The lowest BCUT2D eigenvalue weighted by Crippen LogP contribution is -2.38. The highest BCUT2D eigenvalue weighted by molar-refractivity contribution is 7.89. The third-order valence-corrected chi connectivity index (χ3v) is 4.28. The number of nitrogens with zero attached hydrogens (tertiary/aromatic N) is 1. The molecular weight excluding hydrogens is 297 g/mol. The summed E-state index contributed by atoms with van der Waals surface area (Å²) in [6.07, 6.45) is -4.59. The molecule has 20 heavy (non-hydrogen) atoms. The van der Waals surface area contributed by atoms with Crippen molar-refractivity contribution in [2.45, 2.75) is 31.7 Å². The molecule has 0 aliphatic rings. The third-order valence-electron chi connectivity index (χ3n) is 2.49. The molecule has 9 heteroatoms. The molecule has 0 amide bonds. The van der Waals surface area contributed by atoms with E-state index >= 15 is 0 Å². The van der Waals surface area contributed by atoms with Gasteiger partial charge in [0.2, 0.25) is 5.09 Å². The normalized spacial score (nSPS) is 13.1. The molecule has 0 aliphatic carbocycles. The Morgan fingerprint density at radius 1 is 1.30 bits per heavy atom. The first kappa shape index (κ1) is 17.0. The van der Waals surface area contributed by atoms with Crippen LogP contribution in [0, 0.1) is 0 Å². The average molecular weight is 314 g/mol. The molecule has 116 valence electrons. The minimum atomic E-state index is -4.59. The second-order valence-electron chi connectivity index (χ2n) is 4.05. The van der Waals surface area contributed by atoms with E-state index in [0.717, 1.165) is 0 Å². The van der Waals surface area contributed by atoms with Crippen LogP contribution in [-0.2, 0) is 16.6 Å². The largest absolute Gasteiger partial charge is 0.447 e. The first-order valence-electron chi connectivity index (χ1n) is 6.07.